The van der Waals surface area contributed by atoms with E-state index < -0.39 is 0 Å². The SMILES string of the molecule is Cc1nc(CC(CO)Cc2cccc(Br)c2)sc1C. The zero-order valence-corrected chi connectivity index (χ0v) is 13.6. The summed E-state index contributed by atoms with van der Waals surface area (Å²) < 4.78 is 1.09. The van der Waals surface area contributed by atoms with Crippen molar-refractivity contribution < 1.29 is 5.11 Å². The van der Waals surface area contributed by atoms with Crippen molar-refractivity contribution in [1.82, 2.24) is 4.98 Å². The van der Waals surface area contributed by atoms with Crippen LogP contribution in [0.1, 0.15) is 21.1 Å². The second-order valence-electron chi connectivity index (χ2n) is 4.84. The summed E-state index contributed by atoms with van der Waals surface area (Å²) in [4.78, 5) is 5.83. The smallest absolute Gasteiger partial charge is 0.0934 e. The molecule has 0 aliphatic carbocycles. The summed E-state index contributed by atoms with van der Waals surface area (Å²) in [6.45, 7) is 4.33. The molecule has 2 aromatic rings. The molecule has 2 rings (SSSR count). The molecule has 0 fully saturated rings. The van der Waals surface area contributed by atoms with Crippen LogP contribution in [0, 0.1) is 19.8 Å². The minimum absolute atomic E-state index is 0.199. The van der Waals surface area contributed by atoms with E-state index >= 15 is 0 Å². The van der Waals surface area contributed by atoms with Crippen LogP contribution in [0.25, 0.3) is 0 Å². The molecule has 0 amide bonds. The van der Waals surface area contributed by atoms with Crippen LogP contribution >= 0.6 is 27.3 Å². The van der Waals surface area contributed by atoms with Crippen LogP contribution in [0.15, 0.2) is 28.7 Å². The molecule has 0 aliphatic rings. The van der Waals surface area contributed by atoms with Crippen molar-refractivity contribution in [2.45, 2.75) is 26.7 Å². The van der Waals surface area contributed by atoms with Gasteiger partial charge in [0.25, 0.3) is 0 Å². The second-order valence-corrected chi connectivity index (χ2v) is 7.04. The highest BCUT2D eigenvalue weighted by molar-refractivity contribution is 9.10. The van der Waals surface area contributed by atoms with Gasteiger partial charge in [0.15, 0.2) is 0 Å². The van der Waals surface area contributed by atoms with Gasteiger partial charge >= 0.3 is 0 Å². The van der Waals surface area contributed by atoms with Gasteiger partial charge in [0.2, 0.25) is 0 Å². The Hall–Kier alpha value is -0.710. The van der Waals surface area contributed by atoms with Gasteiger partial charge in [-0.25, -0.2) is 4.98 Å². The lowest BCUT2D eigenvalue weighted by atomic mass is 9.97. The van der Waals surface area contributed by atoms with E-state index in [9.17, 15) is 5.11 Å². The second kappa shape index (κ2) is 6.64. The number of aryl methyl sites for hydroxylation is 2. The van der Waals surface area contributed by atoms with Crippen molar-refractivity contribution in [3.8, 4) is 0 Å². The standard InChI is InChI=1S/C15H18BrNOS/c1-10-11(2)19-15(17-10)8-13(9-18)6-12-4-3-5-14(16)7-12/h3-5,7,13,18H,6,8-9H2,1-2H3. The normalized spacial score (nSPS) is 12.6. The maximum absolute atomic E-state index is 9.56. The first-order valence-electron chi connectivity index (χ1n) is 6.36. The van der Waals surface area contributed by atoms with Crippen LogP contribution in [-0.2, 0) is 12.8 Å². The summed E-state index contributed by atoms with van der Waals surface area (Å²) in [6, 6.07) is 8.27. The van der Waals surface area contributed by atoms with Gasteiger partial charge in [0, 0.05) is 22.4 Å². The Morgan fingerprint density at radius 1 is 1.32 bits per heavy atom. The maximum Gasteiger partial charge on any atom is 0.0934 e. The number of aromatic nitrogens is 1. The van der Waals surface area contributed by atoms with Crippen molar-refractivity contribution >= 4 is 27.3 Å². The summed E-state index contributed by atoms with van der Waals surface area (Å²) in [7, 11) is 0. The summed E-state index contributed by atoms with van der Waals surface area (Å²) >= 11 is 5.22. The molecule has 1 aromatic carbocycles. The highest BCUT2D eigenvalue weighted by atomic mass is 79.9. The number of hydrogen-bond donors (Lipinski definition) is 1. The molecular weight excluding hydrogens is 322 g/mol. The Morgan fingerprint density at radius 3 is 2.68 bits per heavy atom. The van der Waals surface area contributed by atoms with E-state index in [0.717, 1.165) is 28.0 Å². The Kier molecular flexibility index (Phi) is 5.13. The van der Waals surface area contributed by atoms with Gasteiger partial charge in [0.1, 0.15) is 0 Å². The molecule has 0 saturated heterocycles. The van der Waals surface area contributed by atoms with Crippen LogP contribution in [0.5, 0.6) is 0 Å². The first-order valence-corrected chi connectivity index (χ1v) is 7.97. The number of thiazole rings is 1. The zero-order valence-electron chi connectivity index (χ0n) is 11.2. The fourth-order valence-electron chi connectivity index (χ4n) is 2.07. The van der Waals surface area contributed by atoms with E-state index in [1.165, 1.54) is 10.4 Å². The van der Waals surface area contributed by atoms with E-state index in [1.807, 2.05) is 19.1 Å². The highest BCUT2D eigenvalue weighted by Crippen LogP contribution is 2.22. The number of hydrogen-bond acceptors (Lipinski definition) is 3. The van der Waals surface area contributed by atoms with Gasteiger partial charge in [-0.2, -0.15) is 0 Å². The van der Waals surface area contributed by atoms with Crippen molar-refractivity contribution in [1.29, 1.82) is 0 Å². The van der Waals surface area contributed by atoms with Gasteiger partial charge in [-0.05, 0) is 43.9 Å². The molecule has 0 bridgehead atoms. The fourth-order valence-corrected chi connectivity index (χ4v) is 3.57. The van der Waals surface area contributed by atoms with Crippen LogP contribution in [0.3, 0.4) is 0 Å². The quantitative estimate of drug-likeness (QED) is 0.895. The van der Waals surface area contributed by atoms with Gasteiger partial charge in [-0.1, -0.05) is 28.1 Å². The minimum atomic E-state index is 0.199. The maximum atomic E-state index is 9.56. The molecule has 1 unspecified atom stereocenters. The van der Waals surface area contributed by atoms with Gasteiger partial charge in [-0.3, -0.25) is 0 Å². The number of nitrogens with zero attached hydrogens (tertiary/aromatic N) is 1. The van der Waals surface area contributed by atoms with E-state index in [0.29, 0.717) is 0 Å². The third-order valence-corrected chi connectivity index (χ3v) is 4.80. The van der Waals surface area contributed by atoms with Crippen LogP contribution in [0.4, 0.5) is 0 Å². The predicted molar refractivity (Wildman–Crippen MR) is 83.7 cm³/mol. The number of benzene rings is 1. The summed E-state index contributed by atoms with van der Waals surface area (Å²) in [5, 5.41) is 10.7. The van der Waals surface area contributed by atoms with Gasteiger partial charge in [0.05, 0.1) is 10.7 Å². The lowest BCUT2D eigenvalue weighted by Crippen LogP contribution is -2.12. The van der Waals surface area contributed by atoms with E-state index in [2.05, 4.69) is 40.0 Å². The molecule has 1 heterocycles. The first kappa shape index (κ1) is 14.7. The molecular formula is C15H18BrNOS. The molecule has 2 nitrogen and oxygen atoms in total. The lowest BCUT2D eigenvalue weighted by Gasteiger charge is -2.12. The number of halogens is 1. The summed E-state index contributed by atoms with van der Waals surface area (Å²) in [5.41, 5.74) is 2.36. The monoisotopic (exact) mass is 339 g/mol. The molecule has 1 atom stereocenters. The van der Waals surface area contributed by atoms with E-state index in [4.69, 9.17) is 0 Å². The highest BCUT2D eigenvalue weighted by Gasteiger charge is 2.13. The summed E-state index contributed by atoms with van der Waals surface area (Å²) in [5.74, 6) is 0.235. The molecule has 0 aliphatic heterocycles. The van der Waals surface area contributed by atoms with Crippen molar-refractivity contribution in [2.24, 2.45) is 5.92 Å². The molecule has 0 spiro atoms. The molecule has 102 valence electrons. The largest absolute Gasteiger partial charge is 0.396 e. The molecule has 0 radical (unpaired) electrons. The van der Waals surface area contributed by atoms with Crippen molar-refractivity contribution in [2.75, 3.05) is 6.61 Å². The molecule has 1 N–H and O–H groups in total. The van der Waals surface area contributed by atoms with Gasteiger partial charge < -0.3 is 5.11 Å². The predicted octanol–water partition coefficient (Wildman–Crippen LogP) is 3.92. The topological polar surface area (TPSA) is 33.1 Å². The summed E-state index contributed by atoms with van der Waals surface area (Å²) in [6.07, 6.45) is 1.73. The van der Waals surface area contributed by atoms with Crippen LogP contribution in [-0.4, -0.2) is 16.7 Å². The van der Waals surface area contributed by atoms with Gasteiger partial charge in [-0.15, -0.1) is 11.3 Å². The number of aliphatic hydroxyl groups is 1. The van der Waals surface area contributed by atoms with Crippen LogP contribution < -0.4 is 0 Å². The minimum Gasteiger partial charge on any atom is -0.396 e. The fraction of sp³-hybridized carbons (Fsp3) is 0.400. The molecule has 19 heavy (non-hydrogen) atoms. The lowest BCUT2D eigenvalue weighted by molar-refractivity contribution is 0.225. The Labute approximate surface area is 126 Å². The number of aliphatic hydroxyl groups excluding tert-OH is 1. The third-order valence-electron chi connectivity index (χ3n) is 3.21. The van der Waals surface area contributed by atoms with Crippen molar-refractivity contribution in [3.05, 3.63) is 49.9 Å². The number of rotatable bonds is 5. The molecule has 1 aromatic heterocycles. The van der Waals surface area contributed by atoms with E-state index in [1.54, 1.807) is 11.3 Å². The first-order chi connectivity index (χ1) is 9.08. The average Bonchev–Trinajstić information content (AvgIpc) is 2.67. The Bertz CT molecular complexity index is 533. The Balaban J connectivity index is 2.04. The third kappa shape index (κ3) is 4.13. The van der Waals surface area contributed by atoms with Crippen LogP contribution in [0.2, 0.25) is 0 Å². The Morgan fingerprint density at radius 2 is 2.11 bits per heavy atom. The zero-order chi connectivity index (χ0) is 13.8. The molecule has 0 saturated carbocycles. The molecule has 4 heteroatoms. The van der Waals surface area contributed by atoms with E-state index in [-0.39, 0.29) is 12.5 Å². The average molecular weight is 340 g/mol. The van der Waals surface area contributed by atoms with Crippen molar-refractivity contribution in [3.63, 3.8) is 0 Å².